The van der Waals surface area contributed by atoms with Crippen molar-refractivity contribution in [2.75, 3.05) is 0 Å². The van der Waals surface area contributed by atoms with Gasteiger partial charge in [0, 0.05) is 28.8 Å². The molecular weight excluding hydrogens is 202 g/mol. The van der Waals surface area contributed by atoms with Gasteiger partial charge in [0.25, 0.3) is 0 Å². The molecule has 0 saturated carbocycles. The molecule has 1 aliphatic carbocycles. The highest BCUT2D eigenvalue weighted by molar-refractivity contribution is 6.24. The van der Waals surface area contributed by atoms with Crippen LogP contribution in [0.2, 0.25) is 0 Å². The number of benzene rings is 1. The van der Waals surface area contributed by atoms with Crippen LogP contribution in [0.15, 0.2) is 48.2 Å². The normalized spacial score (nSPS) is 14.4. The second-order valence-corrected chi connectivity index (χ2v) is 3.74. The van der Waals surface area contributed by atoms with Crippen molar-refractivity contribution in [3.05, 3.63) is 59.3 Å². The lowest BCUT2D eigenvalue weighted by molar-refractivity contribution is 0.0982. The third-order valence-corrected chi connectivity index (χ3v) is 2.45. The Kier molecular flexibility index (Phi) is 2.44. The lowest BCUT2D eigenvalue weighted by Crippen LogP contribution is -2.18. The molecule has 0 saturated heterocycles. The second-order valence-electron chi connectivity index (χ2n) is 3.74. The maximum absolute atomic E-state index is 12.0. The zero-order valence-corrected chi connectivity index (χ0v) is 8.69. The summed E-state index contributed by atoms with van der Waals surface area (Å²) in [6.07, 6.45) is 1.60. The van der Waals surface area contributed by atoms with Crippen LogP contribution in [0.5, 0.6) is 0 Å². The molecule has 1 aromatic carbocycles. The molecule has 0 unspecified atom stereocenters. The molecule has 0 bridgehead atoms. The van der Waals surface area contributed by atoms with Crippen LogP contribution in [-0.2, 0) is 0 Å². The number of hydrogen-bond donors (Lipinski definition) is 1. The fraction of sp³-hybridized carbons (Fsp3) is 0.0769. The molecule has 0 radical (unpaired) electrons. The average molecular weight is 213 g/mol. The van der Waals surface area contributed by atoms with E-state index in [0.717, 1.165) is 0 Å². The number of ketones is 2. The van der Waals surface area contributed by atoms with Crippen molar-refractivity contribution in [1.82, 2.24) is 0 Å². The number of hydrogen-bond acceptors (Lipinski definition) is 3. The smallest absolute Gasteiger partial charge is 0.190 e. The predicted octanol–water partition coefficient (Wildman–Crippen LogP) is 1.85. The molecule has 3 nitrogen and oxygen atoms in total. The van der Waals surface area contributed by atoms with Gasteiger partial charge in [-0.05, 0) is 6.08 Å². The van der Waals surface area contributed by atoms with E-state index >= 15 is 0 Å². The van der Waals surface area contributed by atoms with Crippen LogP contribution in [-0.4, -0.2) is 11.6 Å². The monoisotopic (exact) mass is 213 g/mol. The molecule has 0 atom stereocenters. The van der Waals surface area contributed by atoms with Crippen LogP contribution in [0, 0.1) is 0 Å². The maximum atomic E-state index is 12.0. The molecule has 0 aliphatic heterocycles. The lowest BCUT2D eigenvalue weighted by Gasteiger charge is -2.14. The highest BCUT2D eigenvalue weighted by Gasteiger charge is 2.24. The Hall–Kier alpha value is -2.16. The van der Waals surface area contributed by atoms with Gasteiger partial charge in [-0.25, -0.2) is 0 Å². The van der Waals surface area contributed by atoms with Gasteiger partial charge in [0.15, 0.2) is 11.6 Å². The van der Waals surface area contributed by atoms with Crippen molar-refractivity contribution >= 4 is 11.6 Å². The van der Waals surface area contributed by atoms with E-state index in [2.05, 4.69) is 6.58 Å². The molecule has 16 heavy (non-hydrogen) atoms. The minimum Gasteiger partial charge on any atom is -0.402 e. The van der Waals surface area contributed by atoms with Crippen LogP contribution in [0.4, 0.5) is 0 Å². The van der Waals surface area contributed by atoms with Crippen molar-refractivity contribution in [3.8, 4) is 0 Å². The number of fused-ring (bicyclic) bond motifs is 1. The van der Waals surface area contributed by atoms with E-state index in [9.17, 15) is 9.59 Å². The zero-order chi connectivity index (χ0) is 11.7. The van der Waals surface area contributed by atoms with Crippen LogP contribution < -0.4 is 5.73 Å². The number of nitrogens with two attached hydrogens (primary N) is 1. The highest BCUT2D eigenvalue weighted by atomic mass is 16.1. The molecule has 0 spiro atoms. The van der Waals surface area contributed by atoms with E-state index in [1.807, 2.05) is 0 Å². The van der Waals surface area contributed by atoms with Gasteiger partial charge in [-0.2, -0.15) is 0 Å². The van der Waals surface area contributed by atoms with Crippen molar-refractivity contribution in [2.24, 2.45) is 5.73 Å². The van der Waals surface area contributed by atoms with Gasteiger partial charge in [0.05, 0.1) is 0 Å². The van der Waals surface area contributed by atoms with Gasteiger partial charge >= 0.3 is 0 Å². The Morgan fingerprint density at radius 3 is 2.44 bits per heavy atom. The van der Waals surface area contributed by atoms with Crippen molar-refractivity contribution < 1.29 is 9.59 Å². The Balaban J connectivity index is 2.47. The molecular formula is C13H11NO2. The summed E-state index contributed by atoms with van der Waals surface area (Å²) in [5, 5.41) is 0. The van der Waals surface area contributed by atoms with Crippen LogP contribution >= 0.6 is 0 Å². The standard InChI is InChI=1S/C13H11NO2/c1-8(14)6-9-7-12(15)10-4-2-3-5-11(10)13(9)16/h2-5,7H,1,6,14H2. The molecule has 0 aromatic heterocycles. The molecule has 80 valence electrons. The summed E-state index contributed by atoms with van der Waals surface area (Å²) >= 11 is 0. The fourth-order valence-electron chi connectivity index (χ4n) is 1.75. The first-order valence-corrected chi connectivity index (χ1v) is 4.91. The summed E-state index contributed by atoms with van der Waals surface area (Å²) in [6.45, 7) is 3.54. The summed E-state index contributed by atoms with van der Waals surface area (Å²) < 4.78 is 0. The predicted molar refractivity (Wildman–Crippen MR) is 61.1 cm³/mol. The van der Waals surface area contributed by atoms with Gasteiger partial charge in [-0.1, -0.05) is 30.8 Å². The Labute approximate surface area is 93.3 Å². The van der Waals surface area contributed by atoms with E-state index in [1.54, 1.807) is 24.3 Å². The summed E-state index contributed by atoms with van der Waals surface area (Å²) in [5.74, 6) is -0.284. The molecule has 0 heterocycles. The first-order chi connectivity index (χ1) is 7.59. The van der Waals surface area contributed by atoms with Crippen LogP contribution in [0.1, 0.15) is 27.1 Å². The lowest BCUT2D eigenvalue weighted by atomic mass is 9.88. The van der Waals surface area contributed by atoms with Gasteiger partial charge in [0.1, 0.15) is 0 Å². The number of carbonyl (C=O) groups excluding carboxylic acids is 2. The molecule has 2 N–H and O–H groups in total. The second kappa shape index (κ2) is 3.77. The highest BCUT2D eigenvalue weighted by Crippen LogP contribution is 2.23. The molecule has 1 aliphatic rings. The SMILES string of the molecule is C=C(N)CC1=CC(=O)c2ccccc2C1=O. The van der Waals surface area contributed by atoms with Crippen molar-refractivity contribution in [2.45, 2.75) is 6.42 Å². The quantitative estimate of drug-likeness (QED) is 0.815. The van der Waals surface area contributed by atoms with Gasteiger partial charge < -0.3 is 5.73 Å². The van der Waals surface area contributed by atoms with Crippen LogP contribution in [0.25, 0.3) is 0 Å². The summed E-state index contributed by atoms with van der Waals surface area (Å²) in [7, 11) is 0. The largest absolute Gasteiger partial charge is 0.402 e. The number of Topliss-reactive ketones (excluding diaryl/α,β-unsaturated/α-hetero) is 1. The first-order valence-electron chi connectivity index (χ1n) is 4.91. The van der Waals surface area contributed by atoms with Gasteiger partial charge in [0.2, 0.25) is 0 Å². The average Bonchev–Trinajstić information content (AvgIpc) is 2.25. The molecule has 3 heteroatoms. The summed E-state index contributed by atoms with van der Waals surface area (Å²) in [4.78, 5) is 23.7. The van der Waals surface area contributed by atoms with E-state index in [0.29, 0.717) is 22.4 Å². The summed E-state index contributed by atoms with van der Waals surface area (Å²) in [5.41, 5.74) is 7.15. The molecule has 0 amide bonds. The molecule has 0 fully saturated rings. The van der Waals surface area contributed by atoms with Crippen LogP contribution in [0.3, 0.4) is 0 Å². The van der Waals surface area contributed by atoms with E-state index in [4.69, 9.17) is 5.73 Å². The van der Waals surface area contributed by atoms with Gasteiger partial charge in [-0.15, -0.1) is 0 Å². The number of carbonyl (C=O) groups is 2. The summed E-state index contributed by atoms with van der Waals surface area (Å²) in [6, 6.07) is 6.79. The number of allylic oxidation sites excluding steroid dienone is 2. The minimum absolute atomic E-state index is 0.137. The molecule has 2 rings (SSSR count). The van der Waals surface area contributed by atoms with Crippen molar-refractivity contribution in [3.63, 3.8) is 0 Å². The fourth-order valence-corrected chi connectivity index (χ4v) is 1.75. The van der Waals surface area contributed by atoms with Crippen molar-refractivity contribution in [1.29, 1.82) is 0 Å². The van der Waals surface area contributed by atoms with E-state index in [1.165, 1.54) is 6.08 Å². The minimum atomic E-state index is -0.147. The molecule has 1 aromatic rings. The zero-order valence-electron chi connectivity index (χ0n) is 8.69. The third kappa shape index (κ3) is 1.67. The maximum Gasteiger partial charge on any atom is 0.190 e. The third-order valence-electron chi connectivity index (χ3n) is 2.45. The Bertz CT molecular complexity index is 526. The topological polar surface area (TPSA) is 60.2 Å². The number of rotatable bonds is 2. The Morgan fingerprint density at radius 2 is 1.81 bits per heavy atom. The van der Waals surface area contributed by atoms with E-state index in [-0.39, 0.29) is 18.0 Å². The van der Waals surface area contributed by atoms with Gasteiger partial charge in [-0.3, -0.25) is 9.59 Å². The first kappa shape index (κ1) is 10.4. The Morgan fingerprint density at radius 1 is 1.19 bits per heavy atom. The van der Waals surface area contributed by atoms with E-state index < -0.39 is 0 Å².